The monoisotopic (exact) mass is 247 g/mol. The number of nitrogens with zero attached hydrogens (tertiary/aromatic N) is 2. The maximum absolute atomic E-state index is 5.85. The molecule has 1 unspecified atom stereocenters. The number of nitrogens with two attached hydrogens (primary N) is 1. The van der Waals surface area contributed by atoms with Crippen LogP contribution >= 0.6 is 0 Å². The van der Waals surface area contributed by atoms with E-state index >= 15 is 0 Å². The van der Waals surface area contributed by atoms with E-state index in [-0.39, 0.29) is 0 Å². The number of hydrogen-bond donors (Lipinski definition) is 1. The van der Waals surface area contributed by atoms with Crippen LogP contribution in [0.25, 0.3) is 11.1 Å². The summed E-state index contributed by atoms with van der Waals surface area (Å²) in [6.45, 7) is 6.88. The van der Waals surface area contributed by atoms with Crippen LogP contribution in [0.15, 0.2) is 22.6 Å². The number of hydrogen-bond acceptors (Lipinski definition) is 4. The Morgan fingerprint density at radius 3 is 2.72 bits per heavy atom. The van der Waals surface area contributed by atoms with Gasteiger partial charge in [0.25, 0.3) is 0 Å². The molecule has 4 nitrogen and oxygen atoms in total. The molecule has 0 aliphatic heterocycles. The van der Waals surface area contributed by atoms with E-state index in [9.17, 15) is 0 Å². The van der Waals surface area contributed by atoms with Gasteiger partial charge in [-0.3, -0.25) is 0 Å². The molecule has 4 heteroatoms. The predicted octanol–water partition coefficient (Wildman–Crippen LogP) is 2.56. The van der Waals surface area contributed by atoms with Crippen molar-refractivity contribution < 1.29 is 4.42 Å². The first kappa shape index (κ1) is 12.9. The normalized spacial score (nSPS) is 13.2. The smallest absolute Gasteiger partial charge is 0.192 e. The van der Waals surface area contributed by atoms with Gasteiger partial charge >= 0.3 is 0 Å². The Balaban J connectivity index is 2.34. The highest BCUT2D eigenvalue weighted by Crippen LogP contribution is 2.24. The first-order chi connectivity index (χ1) is 8.52. The van der Waals surface area contributed by atoms with Crippen LogP contribution in [0, 0.1) is 12.8 Å². The third-order valence-electron chi connectivity index (χ3n) is 3.39. The van der Waals surface area contributed by atoms with E-state index in [1.165, 1.54) is 0 Å². The lowest BCUT2D eigenvalue weighted by Crippen LogP contribution is -2.41. The second-order valence-electron chi connectivity index (χ2n) is 5.04. The Bertz CT molecular complexity index is 533. The molecule has 0 saturated heterocycles. The molecule has 0 radical (unpaired) electrons. The van der Waals surface area contributed by atoms with Crippen LogP contribution in [0.1, 0.15) is 19.7 Å². The van der Waals surface area contributed by atoms with Gasteiger partial charge < -0.3 is 15.1 Å². The van der Waals surface area contributed by atoms with Crippen molar-refractivity contribution in [3.05, 3.63) is 24.1 Å². The summed E-state index contributed by atoms with van der Waals surface area (Å²) in [5, 5.41) is 0. The number of aryl methyl sites for hydroxylation is 1. The van der Waals surface area contributed by atoms with Gasteiger partial charge in [-0.1, -0.05) is 13.8 Å². The van der Waals surface area contributed by atoms with E-state index < -0.39 is 0 Å². The average molecular weight is 247 g/mol. The summed E-state index contributed by atoms with van der Waals surface area (Å²) in [5.41, 5.74) is 8.71. The molecular weight excluding hydrogens is 226 g/mol. The van der Waals surface area contributed by atoms with Crippen LogP contribution in [-0.2, 0) is 0 Å². The fourth-order valence-electron chi connectivity index (χ4n) is 2.32. The highest BCUT2D eigenvalue weighted by molar-refractivity contribution is 5.77. The molecule has 2 aromatic rings. The zero-order chi connectivity index (χ0) is 13.3. The minimum Gasteiger partial charge on any atom is -0.441 e. The lowest BCUT2D eigenvalue weighted by molar-refractivity contribution is 0.480. The molecule has 0 aliphatic carbocycles. The van der Waals surface area contributed by atoms with Gasteiger partial charge in [-0.05, 0) is 24.1 Å². The molecule has 1 aromatic carbocycles. The fourth-order valence-corrected chi connectivity index (χ4v) is 2.32. The first-order valence-electron chi connectivity index (χ1n) is 6.33. The highest BCUT2D eigenvalue weighted by atomic mass is 16.3. The van der Waals surface area contributed by atoms with Crippen molar-refractivity contribution in [1.82, 2.24) is 4.98 Å². The van der Waals surface area contributed by atoms with Crippen LogP contribution in [0.5, 0.6) is 0 Å². The van der Waals surface area contributed by atoms with Crippen molar-refractivity contribution in [3.8, 4) is 0 Å². The molecule has 98 valence electrons. The van der Waals surface area contributed by atoms with Crippen LogP contribution in [0.3, 0.4) is 0 Å². The van der Waals surface area contributed by atoms with E-state index in [1.807, 2.05) is 13.0 Å². The molecule has 18 heavy (non-hydrogen) atoms. The van der Waals surface area contributed by atoms with Crippen molar-refractivity contribution in [2.45, 2.75) is 26.8 Å². The van der Waals surface area contributed by atoms with Crippen molar-refractivity contribution in [2.75, 3.05) is 18.5 Å². The summed E-state index contributed by atoms with van der Waals surface area (Å²) in [6, 6.07) is 6.40. The largest absolute Gasteiger partial charge is 0.441 e. The standard InChI is InChI=1S/C14H21N3O/c1-9(2)13(8-15)17(4)11-5-6-14-12(7-11)16-10(3)18-14/h5-7,9,13H,8,15H2,1-4H3. The molecule has 1 aromatic heterocycles. The highest BCUT2D eigenvalue weighted by Gasteiger charge is 2.18. The van der Waals surface area contributed by atoms with Gasteiger partial charge in [0, 0.05) is 32.2 Å². The maximum atomic E-state index is 5.85. The molecule has 0 fully saturated rings. The third-order valence-corrected chi connectivity index (χ3v) is 3.39. The summed E-state index contributed by atoms with van der Waals surface area (Å²) in [6.07, 6.45) is 0. The van der Waals surface area contributed by atoms with Crippen LogP contribution in [-0.4, -0.2) is 24.6 Å². The summed E-state index contributed by atoms with van der Waals surface area (Å²) in [7, 11) is 2.08. The fraction of sp³-hybridized carbons (Fsp3) is 0.500. The van der Waals surface area contributed by atoms with Gasteiger partial charge in [-0.2, -0.15) is 0 Å². The van der Waals surface area contributed by atoms with E-state index in [2.05, 4.69) is 42.9 Å². The van der Waals surface area contributed by atoms with E-state index in [4.69, 9.17) is 10.2 Å². The third kappa shape index (κ3) is 2.34. The van der Waals surface area contributed by atoms with Crippen molar-refractivity contribution in [2.24, 2.45) is 11.7 Å². The SMILES string of the molecule is Cc1nc2cc(N(C)C(CN)C(C)C)ccc2o1. The molecule has 0 aliphatic rings. The number of anilines is 1. The van der Waals surface area contributed by atoms with E-state index in [1.54, 1.807) is 0 Å². The molecule has 0 amide bonds. The quantitative estimate of drug-likeness (QED) is 0.902. The number of oxazole rings is 1. The Labute approximate surface area is 108 Å². The van der Waals surface area contributed by atoms with Crippen molar-refractivity contribution in [1.29, 1.82) is 0 Å². The summed E-state index contributed by atoms with van der Waals surface area (Å²) in [4.78, 5) is 6.58. The molecule has 0 spiro atoms. The zero-order valence-electron chi connectivity index (χ0n) is 11.5. The molecule has 2 rings (SSSR count). The lowest BCUT2D eigenvalue weighted by Gasteiger charge is -2.32. The minimum absolute atomic E-state index is 0.329. The molecular formula is C14H21N3O. The Morgan fingerprint density at radius 2 is 2.11 bits per heavy atom. The van der Waals surface area contributed by atoms with Gasteiger partial charge in [0.15, 0.2) is 11.5 Å². The van der Waals surface area contributed by atoms with Gasteiger partial charge in [0.05, 0.1) is 0 Å². The first-order valence-corrected chi connectivity index (χ1v) is 6.33. The van der Waals surface area contributed by atoms with Crippen LogP contribution < -0.4 is 10.6 Å². The van der Waals surface area contributed by atoms with E-state index in [0.717, 1.165) is 16.8 Å². The van der Waals surface area contributed by atoms with Gasteiger partial charge in [-0.25, -0.2) is 4.98 Å². The second-order valence-corrected chi connectivity index (χ2v) is 5.04. The molecule has 1 heterocycles. The maximum Gasteiger partial charge on any atom is 0.192 e. The lowest BCUT2D eigenvalue weighted by atomic mass is 10.0. The molecule has 1 atom stereocenters. The summed E-state index contributed by atoms with van der Waals surface area (Å²) < 4.78 is 5.48. The zero-order valence-corrected chi connectivity index (χ0v) is 11.5. The van der Waals surface area contributed by atoms with Gasteiger partial charge in [0.1, 0.15) is 5.52 Å². The molecule has 0 saturated carbocycles. The topological polar surface area (TPSA) is 55.3 Å². The van der Waals surface area contributed by atoms with E-state index in [0.29, 0.717) is 24.4 Å². The van der Waals surface area contributed by atoms with Crippen molar-refractivity contribution >= 4 is 16.8 Å². The molecule has 0 bridgehead atoms. The summed E-state index contributed by atoms with van der Waals surface area (Å²) >= 11 is 0. The van der Waals surface area contributed by atoms with Crippen molar-refractivity contribution in [3.63, 3.8) is 0 Å². The number of benzene rings is 1. The Hall–Kier alpha value is -1.55. The Morgan fingerprint density at radius 1 is 1.39 bits per heavy atom. The van der Waals surface area contributed by atoms with Crippen LogP contribution in [0.2, 0.25) is 0 Å². The van der Waals surface area contributed by atoms with Crippen LogP contribution in [0.4, 0.5) is 5.69 Å². The molecule has 2 N–H and O–H groups in total. The summed E-state index contributed by atoms with van der Waals surface area (Å²) in [5.74, 6) is 1.21. The second kappa shape index (κ2) is 4.98. The van der Waals surface area contributed by atoms with Gasteiger partial charge in [-0.15, -0.1) is 0 Å². The number of fused-ring (bicyclic) bond motifs is 1. The number of rotatable bonds is 4. The predicted molar refractivity (Wildman–Crippen MR) is 74.8 cm³/mol. The number of likely N-dealkylation sites (N-methyl/N-ethyl adjacent to an activating group) is 1. The minimum atomic E-state index is 0.329. The van der Waals surface area contributed by atoms with Gasteiger partial charge in [0.2, 0.25) is 0 Å². The number of aromatic nitrogens is 1. The average Bonchev–Trinajstić information content (AvgIpc) is 2.68. The Kier molecular flexibility index (Phi) is 3.57.